The molecule has 0 amide bonds. The molecule has 1 saturated heterocycles. The van der Waals surface area contributed by atoms with E-state index in [0.29, 0.717) is 19.4 Å². The molecule has 0 aromatic heterocycles. The summed E-state index contributed by atoms with van der Waals surface area (Å²) in [5.74, 6) is 0. The second kappa shape index (κ2) is 15.4. The Morgan fingerprint density at radius 3 is 2.56 bits per heavy atom. The third-order valence-corrected chi connectivity index (χ3v) is 8.70. The van der Waals surface area contributed by atoms with Crippen LogP contribution in [0, 0.1) is 20.2 Å². The Labute approximate surface area is 260 Å². The van der Waals surface area contributed by atoms with E-state index in [0.717, 1.165) is 11.6 Å². The van der Waals surface area contributed by atoms with E-state index in [4.69, 9.17) is 14.2 Å². The minimum atomic E-state index is -1.15. The Kier molecular flexibility index (Phi) is 11.6. The second-order valence-corrected chi connectivity index (χ2v) is 11.4. The van der Waals surface area contributed by atoms with Crippen LogP contribution in [0.3, 0.4) is 0 Å². The van der Waals surface area contributed by atoms with E-state index in [1.807, 2.05) is 25.2 Å². The summed E-state index contributed by atoms with van der Waals surface area (Å²) in [6.45, 7) is 2.63. The first-order valence-corrected chi connectivity index (χ1v) is 14.8. The molecule has 1 heterocycles. The number of likely N-dealkylation sites (N-methyl/N-ethyl adjacent to an activating group) is 2. The summed E-state index contributed by atoms with van der Waals surface area (Å²) < 4.78 is 18.5. The Bertz CT molecular complexity index is 1360. The third-order valence-electron chi connectivity index (χ3n) is 8.70. The van der Waals surface area contributed by atoms with E-state index >= 15 is 0 Å². The molecule has 45 heavy (non-hydrogen) atoms. The summed E-state index contributed by atoms with van der Waals surface area (Å²) in [6.07, 6.45) is -2.63. The van der Waals surface area contributed by atoms with Crippen LogP contribution in [0.2, 0.25) is 0 Å². The molecule has 244 valence electrons. The molecular weight excluding hydrogens is 588 g/mol. The smallest absolute Gasteiger partial charge is 0.299 e. The van der Waals surface area contributed by atoms with Crippen molar-refractivity contribution in [2.45, 2.75) is 81.1 Å². The minimum absolute atomic E-state index is 0.0596. The average molecular weight is 629 g/mol. The van der Waals surface area contributed by atoms with Crippen molar-refractivity contribution >= 4 is 17.1 Å². The Balaban J connectivity index is 1.61. The molecule has 1 aliphatic heterocycles. The normalized spacial score (nSPS) is 29.0. The molecule has 4 rings (SSSR count). The fourth-order valence-corrected chi connectivity index (χ4v) is 6.10. The van der Waals surface area contributed by atoms with Crippen molar-refractivity contribution in [2.24, 2.45) is 5.11 Å². The molecule has 0 bridgehead atoms. The molecule has 1 saturated carbocycles. The lowest BCUT2D eigenvalue weighted by atomic mass is 9.83. The zero-order valence-corrected chi connectivity index (χ0v) is 25.6. The van der Waals surface area contributed by atoms with Crippen molar-refractivity contribution in [1.82, 2.24) is 10.2 Å². The van der Waals surface area contributed by atoms with Crippen LogP contribution in [-0.2, 0) is 14.2 Å². The van der Waals surface area contributed by atoms with Crippen LogP contribution < -0.4 is 10.6 Å². The number of aliphatic hydroxyl groups is 1. The number of nitro groups is 2. The fourth-order valence-electron chi connectivity index (χ4n) is 6.10. The molecule has 0 unspecified atom stereocenters. The van der Waals surface area contributed by atoms with Crippen LogP contribution >= 0.6 is 0 Å². The summed E-state index contributed by atoms with van der Waals surface area (Å²) in [5, 5.41) is 44.5. The minimum Gasteiger partial charge on any atom is -0.389 e. The van der Waals surface area contributed by atoms with Gasteiger partial charge >= 0.3 is 0 Å². The van der Waals surface area contributed by atoms with Gasteiger partial charge in [-0.3, -0.25) is 25.1 Å². The standard InChI is InChI=1S/C29H40N8O8/c1-17(18-8-6-5-7-9-18)35(3)16-20-11-13-22(32-21-12-10-19(36(39)40)14-24(21)37(41)42)29(44-20)45-28-23(33-34-30)15-25(43-4)26(31-2)27(28)38/h5-10,12,14,17,20,22-23,25-29,31-32,38H,11,13,15-16H2,1-4H3/t17-,20+,22-,23+,25+,26-,27-,28-,29-/m0/s1. The van der Waals surface area contributed by atoms with Crippen LogP contribution in [0.4, 0.5) is 17.1 Å². The number of methoxy groups -OCH3 is 1. The molecule has 2 fully saturated rings. The third kappa shape index (κ3) is 8.04. The zero-order chi connectivity index (χ0) is 32.7. The molecule has 2 aromatic rings. The van der Waals surface area contributed by atoms with Crippen LogP contribution in [-0.4, -0.2) is 96.4 Å². The molecule has 9 atom stereocenters. The summed E-state index contributed by atoms with van der Waals surface area (Å²) in [7, 11) is 5.18. The number of hydrogen-bond acceptors (Lipinski definition) is 12. The number of anilines is 1. The number of non-ortho nitro benzene ring substituents is 1. The largest absolute Gasteiger partial charge is 0.389 e. The average Bonchev–Trinajstić information content (AvgIpc) is 3.03. The number of aliphatic hydroxyl groups excluding tert-OH is 1. The highest BCUT2D eigenvalue weighted by molar-refractivity contribution is 5.65. The molecule has 3 N–H and O–H groups in total. The Morgan fingerprint density at radius 1 is 1.20 bits per heavy atom. The van der Waals surface area contributed by atoms with Crippen molar-refractivity contribution in [2.75, 3.05) is 33.1 Å². The number of nitrogens with one attached hydrogen (secondary N) is 2. The maximum absolute atomic E-state index is 11.9. The maximum Gasteiger partial charge on any atom is 0.299 e. The van der Waals surface area contributed by atoms with E-state index in [-0.39, 0.29) is 24.3 Å². The van der Waals surface area contributed by atoms with Gasteiger partial charge in [0.1, 0.15) is 5.69 Å². The fraction of sp³-hybridized carbons (Fsp3) is 0.586. The summed E-state index contributed by atoms with van der Waals surface area (Å²) in [4.78, 5) is 26.9. The second-order valence-electron chi connectivity index (χ2n) is 11.4. The van der Waals surface area contributed by atoms with Gasteiger partial charge in [0.05, 0.1) is 58.5 Å². The van der Waals surface area contributed by atoms with Crippen LogP contribution in [0.1, 0.15) is 37.8 Å². The molecule has 0 spiro atoms. The van der Waals surface area contributed by atoms with Gasteiger partial charge in [0.25, 0.3) is 11.4 Å². The van der Waals surface area contributed by atoms with Crippen molar-refractivity contribution in [1.29, 1.82) is 0 Å². The number of rotatable bonds is 13. The van der Waals surface area contributed by atoms with E-state index in [1.54, 1.807) is 7.05 Å². The number of nitrogens with zero attached hydrogens (tertiary/aromatic N) is 6. The highest BCUT2D eigenvalue weighted by atomic mass is 16.7. The molecule has 2 aliphatic rings. The number of nitro benzene ring substituents is 2. The van der Waals surface area contributed by atoms with Crippen molar-refractivity contribution in [3.63, 3.8) is 0 Å². The van der Waals surface area contributed by atoms with Crippen molar-refractivity contribution < 1.29 is 29.2 Å². The lowest BCUT2D eigenvalue weighted by molar-refractivity contribution is -0.393. The number of azide groups is 1. The Hall–Kier alpha value is -3.89. The highest BCUT2D eigenvalue weighted by Crippen LogP contribution is 2.35. The summed E-state index contributed by atoms with van der Waals surface area (Å²) in [6, 6.07) is 11.5. The van der Waals surface area contributed by atoms with Crippen LogP contribution in [0.5, 0.6) is 0 Å². The SMILES string of the molecule is CN[C@@H]1[C@H](O)[C@@H](O[C@@H]2O[C@@H](CN(C)[C@@H](C)c3ccccc3)CC[C@@H]2Nc2ccc([N+](=O)[O-])cc2[N+](=O)[O-])[C@H](N=[N+]=[N-])C[C@H]1OC. The van der Waals surface area contributed by atoms with E-state index in [1.165, 1.54) is 19.2 Å². The lowest BCUT2D eigenvalue weighted by Crippen LogP contribution is -2.63. The first-order valence-electron chi connectivity index (χ1n) is 14.8. The summed E-state index contributed by atoms with van der Waals surface area (Å²) >= 11 is 0. The molecule has 2 aromatic carbocycles. The van der Waals surface area contributed by atoms with E-state index in [9.17, 15) is 30.9 Å². The van der Waals surface area contributed by atoms with Gasteiger partial charge in [-0.05, 0) is 57.4 Å². The molecule has 1 aliphatic carbocycles. The van der Waals surface area contributed by atoms with E-state index < -0.39 is 63.9 Å². The topological polar surface area (TPSA) is 210 Å². The maximum atomic E-state index is 11.9. The highest BCUT2D eigenvalue weighted by Gasteiger charge is 2.47. The lowest BCUT2D eigenvalue weighted by Gasteiger charge is -2.46. The van der Waals surface area contributed by atoms with Gasteiger partial charge in [-0.2, -0.15) is 0 Å². The molecule has 0 radical (unpaired) electrons. The van der Waals surface area contributed by atoms with Gasteiger partial charge in [-0.25, -0.2) is 0 Å². The van der Waals surface area contributed by atoms with Crippen LogP contribution in [0.15, 0.2) is 53.6 Å². The summed E-state index contributed by atoms with van der Waals surface area (Å²) in [5.41, 5.74) is 9.61. The van der Waals surface area contributed by atoms with Gasteiger partial charge in [0.15, 0.2) is 6.29 Å². The Morgan fingerprint density at radius 2 is 1.93 bits per heavy atom. The number of hydrogen-bond donors (Lipinski definition) is 3. The predicted molar refractivity (Wildman–Crippen MR) is 165 cm³/mol. The molecule has 16 nitrogen and oxygen atoms in total. The van der Waals surface area contributed by atoms with Gasteiger partial charge in [0.2, 0.25) is 0 Å². The van der Waals surface area contributed by atoms with Crippen molar-refractivity contribution in [3.05, 3.63) is 84.8 Å². The van der Waals surface area contributed by atoms with Gasteiger partial charge in [-0.1, -0.05) is 35.4 Å². The molecule has 16 heteroatoms. The predicted octanol–water partition coefficient (Wildman–Crippen LogP) is 3.91. The van der Waals surface area contributed by atoms with Crippen molar-refractivity contribution in [3.8, 4) is 0 Å². The first kappa shape index (κ1) is 34.0. The number of ether oxygens (including phenoxy) is 3. The first-order chi connectivity index (χ1) is 21.6. The van der Waals surface area contributed by atoms with E-state index in [2.05, 4.69) is 44.6 Å². The molecular formula is C29H40N8O8. The zero-order valence-electron chi connectivity index (χ0n) is 25.6. The van der Waals surface area contributed by atoms with Gasteiger partial charge in [0, 0.05) is 30.7 Å². The monoisotopic (exact) mass is 628 g/mol. The quantitative estimate of drug-likeness (QED) is 0.0951. The van der Waals surface area contributed by atoms with Gasteiger partial charge < -0.3 is 30.0 Å². The van der Waals surface area contributed by atoms with Crippen LogP contribution in [0.25, 0.3) is 10.4 Å². The number of benzene rings is 2. The van der Waals surface area contributed by atoms with Gasteiger partial charge in [-0.15, -0.1) is 0 Å².